The predicted octanol–water partition coefficient (Wildman–Crippen LogP) is 3.87. The van der Waals surface area contributed by atoms with Crippen LogP contribution in [-0.2, 0) is 4.74 Å². The van der Waals surface area contributed by atoms with E-state index in [0.29, 0.717) is 11.5 Å². The van der Waals surface area contributed by atoms with Gasteiger partial charge < -0.3 is 4.74 Å². The van der Waals surface area contributed by atoms with Crippen LogP contribution in [0, 0.1) is 29.1 Å². The first kappa shape index (κ1) is 11.1. The molecule has 4 aliphatic carbocycles. The van der Waals surface area contributed by atoms with E-state index in [1.54, 1.807) is 6.42 Å². The lowest BCUT2D eigenvalue weighted by Crippen LogP contribution is -2.45. The van der Waals surface area contributed by atoms with Crippen molar-refractivity contribution >= 4 is 0 Å². The van der Waals surface area contributed by atoms with Gasteiger partial charge in [0.2, 0.25) is 0 Å². The second-order valence-electron chi connectivity index (χ2n) is 6.44. The zero-order valence-corrected chi connectivity index (χ0v) is 11.0. The maximum atomic E-state index is 6.02. The second-order valence-corrected chi connectivity index (χ2v) is 6.44. The fraction of sp³-hybridized carbons (Fsp3) is 1.00. The second kappa shape index (κ2) is 3.73. The minimum absolute atomic E-state index is 0.488. The van der Waals surface area contributed by atoms with Gasteiger partial charge in [0.05, 0.1) is 6.10 Å². The summed E-state index contributed by atoms with van der Waals surface area (Å²) in [5.41, 5.74) is 0.549. The van der Waals surface area contributed by atoms with Crippen LogP contribution in [0.25, 0.3) is 0 Å². The van der Waals surface area contributed by atoms with Gasteiger partial charge in [-0.3, -0.25) is 0 Å². The van der Waals surface area contributed by atoms with Gasteiger partial charge >= 0.3 is 0 Å². The van der Waals surface area contributed by atoms with Crippen molar-refractivity contribution in [2.45, 2.75) is 59.0 Å². The topological polar surface area (TPSA) is 9.23 Å². The van der Waals surface area contributed by atoms with Gasteiger partial charge in [0.15, 0.2) is 0 Å². The normalized spacial score (nSPS) is 51.2. The van der Waals surface area contributed by atoms with Gasteiger partial charge in [-0.2, -0.15) is 0 Å². The van der Waals surface area contributed by atoms with Crippen LogP contribution in [0.2, 0.25) is 0 Å². The molecule has 4 aliphatic rings. The first-order chi connectivity index (χ1) is 7.72. The lowest BCUT2D eigenvalue weighted by Gasteiger charge is -2.48. The van der Waals surface area contributed by atoms with E-state index in [2.05, 4.69) is 20.8 Å². The van der Waals surface area contributed by atoms with Gasteiger partial charge in [-0.15, -0.1) is 0 Å². The summed E-state index contributed by atoms with van der Waals surface area (Å²) in [6, 6.07) is 0. The highest BCUT2D eigenvalue weighted by Gasteiger charge is 2.63. The maximum Gasteiger partial charge on any atom is 0.0608 e. The summed E-state index contributed by atoms with van der Waals surface area (Å²) in [7, 11) is 0. The number of ether oxygens (including phenoxy) is 1. The Hall–Kier alpha value is -0.0400. The Kier molecular flexibility index (Phi) is 2.58. The highest BCUT2D eigenvalue weighted by Crippen LogP contribution is 2.69. The first-order valence-corrected chi connectivity index (χ1v) is 7.33. The lowest BCUT2D eigenvalue weighted by molar-refractivity contribution is -0.0895. The van der Waals surface area contributed by atoms with Crippen molar-refractivity contribution in [3.05, 3.63) is 0 Å². The van der Waals surface area contributed by atoms with Gasteiger partial charge in [0.1, 0.15) is 0 Å². The average Bonchev–Trinajstić information content (AvgIpc) is 2.67. The molecule has 1 nitrogen and oxygen atoms in total. The van der Waals surface area contributed by atoms with Crippen molar-refractivity contribution in [1.29, 1.82) is 0 Å². The molecule has 4 fully saturated rings. The van der Waals surface area contributed by atoms with E-state index in [-0.39, 0.29) is 0 Å². The van der Waals surface area contributed by atoms with Gasteiger partial charge in [-0.05, 0) is 69.6 Å². The fourth-order valence-corrected chi connectivity index (χ4v) is 5.83. The highest BCUT2D eigenvalue weighted by atomic mass is 16.5. The van der Waals surface area contributed by atoms with Crippen molar-refractivity contribution in [3.8, 4) is 0 Å². The summed E-state index contributed by atoms with van der Waals surface area (Å²) in [6.07, 6.45) is 7.92. The summed E-state index contributed by atoms with van der Waals surface area (Å²) in [5.74, 6) is 4.14. The van der Waals surface area contributed by atoms with Crippen molar-refractivity contribution in [3.63, 3.8) is 0 Å². The fourth-order valence-electron chi connectivity index (χ4n) is 5.83. The molecule has 6 atom stereocenters. The molecule has 16 heavy (non-hydrogen) atoms. The molecule has 0 aromatic heterocycles. The summed E-state index contributed by atoms with van der Waals surface area (Å²) in [4.78, 5) is 0. The predicted molar refractivity (Wildman–Crippen MR) is 66.2 cm³/mol. The van der Waals surface area contributed by atoms with Gasteiger partial charge in [-0.25, -0.2) is 0 Å². The van der Waals surface area contributed by atoms with E-state index in [4.69, 9.17) is 4.74 Å². The molecule has 0 spiro atoms. The van der Waals surface area contributed by atoms with Crippen LogP contribution >= 0.6 is 0 Å². The largest absolute Gasteiger partial charge is 0.378 e. The van der Waals surface area contributed by atoms with Gasteiger partial charge in [0.25, 0.3) is 0 Å². The van der Waals surface area contributed by atoms with Gasteiger partial charge in [0, 0.05) is 12.0 Å². The van der Waals surface area contributed by atoms with Crippen LogP contribution in [0.4, 0.5) is 0 Å². The number of hydrogen-bond acceptors (Lipinski definition) is 1. The minimum atomic E-state index is 0.488. The number of hydrogen-bond donors (Lipinski definition) is 0. The monoisotopic (exact) mass is 222 g/mol. The molecule has 0 heterocycles. The summed E-state index contributed by atoms with van der Waals surface area (Å²) in [6.45, 7) is 7.78. The SMILES string of the molecule is CCOC(C)C1(CC)C2CC3CC(C2)C1C3. The Morgan fingerprint density at radius 1 is 1.19 bits per heavy atom. The molecule has 0 aromatic rings. The molecule has 0 N–H and O–H groups in total. The standard InChI is InChI=1S/C15H26O/c1-4-15(10(3)16-5-2)13-7-11-6-12(9-13)14(15)8-11/h10-14H,4-9H2,1-3H3. The molecule has 0 saturated heterocycles. The Balaban J connectivity index is 1.90. The lowest BCUT2D eigenvalue weighted by atomic mass is 9.60. The van der Waals surface area contributed by atoms with E-state index >= 15 is 0 Å². The first-order valence-electron chi connectivity index (χ1n) is 7.33. The van der Waals surface area contributed by atoms with Crippen molar-refractivity contribution in [2.75, 3.05) is 6.61 Å². The van der Waals surface area contributed by atoms with Crippen molar-refractivity contribution < 1.29 is 4.74 Å². The van der Waals surface area contributed by atoms with E-state index in [1.807, 2.05) is 0 Å². The molecule has 1 heteroatoms. The Bertz CT molecular complexity index is 271. The van der Waals surface area contributed by atoms with Crippen molar-refractivity contribution in [2.24, 2.45) is 29.1 Å². The third kappa shape index (κ3) is 1.21. The zero-order valence-electron chi connectivity index (χ0n) is 11.0. The van der Waals surface area contributed by atoms with E-state index < -0.39 is 0 Å². The quantitative estimate of drug-likeness (QED) is 0.701. The molecule has 0 aromatic carbocycles. The summed E-state index contributed by atoms with van der Waals surface area (Å²) >= 11 is 0. The van der Waals surface area contributed by atoms with Crippen molar-refractivity contribution in [1.82, 2.24) is 0 Å². The Morgan fingerprint density at radius 2 is 2.00 bits per heavy atom. The van der Waals surface area contributed by atoms with Gasteiger partial charge in [-0.1, -0.05) is 6.92 Å². The highest BCUT2D eigenvalue weighted by molar-refractivity contribution is 5.12. The Morgan fingerprint density at radius 3 is 2.62 bits per heavy atom. The summed E-state index contributed by atoms with van der Waals surface area (Å²) in [5, 5.41) is 0. The van der Waals surface area contributed by atoms with E-state index in [0.717, 1.165) is 30.3 Å². The third-order valence-corrected chi connectivity index (χ3v) is 6.23. The maximum absolute atomic E-state index is 6.02. The van der Waals surface area contributed by atoms with Crippen LogP contribution in [-0.4, -0.2) is 12.7 Å². The third-order valence-electron chi connectivity index (χ3n) is 6.23. The molecule has 0 radical (unpaired) electrons. The zero-order chi connectivity index (χ0) is 11.3. The molecule has 92 valence electrons. The molecular weight excluding hydrogens is 196 g/mol. The number of rotatable bonds is 4. The summed E-state index contributed by atoms with van der Waals surface area (Å²) < 4.78 is 6.02. The molecule has 4 bridgehead atoms. The van der Waals surface area contributed by atoms with Crippen LogP contribution in [0.1, 0.15) is 52.9 Å². The molecule has 0 amide bonds. The average molecular weight is 222 g/mol. The molecule has 0 aliphatic heterocycles. The van der Waals surface area contributed by atoms with Crippen LogP contribution in [0.5, 0.6) is 0 Å². The smallest absolute Gasteiger partial charge is 0.0608 e. The molecule has 4 rings (SSSR count). The van der Waals surface area contributed by atoms with Crippen LogP contribution in [0.15, 0.2) is 0 Å². The van der Waals surface area contributed by atoms with E-state index in [1.165, 1.54) is 25.7 Å². The molecular formula is C15H26O. The van der Waals surface area contributed by atoms with Crippen LogP contribution in [0.3, 0.4) is 0 Å². The Labute approximate surface area is 99.9 Å². The minimum Gasteiger partial charge on any atom is -0.378 e. The van der Waals surface area contributed by atoms with E-state index in [9.17, 15) is 0 Å². The molecule has 6 unspecified atom stereocenters. The molecule has 4 saturated carbocycles. The van der Waals surface area contributed by atoms with Crippen LogP contribution < -0.4 is 0 Å².